The summed E-state index contributed by atoms with van der Waals surface area (Å²) in [4.78, 5) is 0. The van der Waals surface area contributed by atoms with Crippen LogP contribution in [0.25, 0.3) is 0 Å². The Bertz CT molecular complexity index is 486. The second-order valence-corrected chi connectivity index (χ2v) is 7.31. The van der Waals surface area contributed by atoms with Crippen molar-refractivity contribution in [2.24, 2.45) is 17.8 Å². The Labute approximate surface area is 128 Å². The summed E-state index contributed by atoms with van der Waals surface area (Å²) in [6.07, 6.45) is 8.51. The second kappa shape index (κ2) is 5.64. The van der Waals surface area contributed by atoms with Crippen LogP contribution in [0.15, 0.2) is 24.3 Å². The molecule has 3 aliphatic rings. The highest BCUT2D eigenvalue weighted by Gasteiger charge is 2.48. The molecule has 0 bridgehead atoms. The number of nitrogens with one attached hydrogen (secondary N) is 1. The SMILES string of the molecule is CCCNC(c1cccc(OC2CC2)c1)C1CC2CC2C1. The van der Waals surface area contributed by atoms with Gasteiger partial charge in [-0.2, -0.15) is 0 Å². The zero-order chi connectivity index (χ0) is 14.2. The van der Waals surface area contributed by atoms with Crippen LogP contribution in [0.1, 0.15) is 57.1 Å². The highest BCUT2D eigenvalue weighted by molar-refractivity contribution is 5.32. The molecule has 3 saturated carbocycles. The summed E-state index contributed by atoms with van der Waals surface area (Å²) in [5.74, 6) is 4.00. The number of hydrogen-bond donors (Lipinski definition) is 1. The fourth-order valence-corrected chi connectivity index (χ4v) is 4.05. The van der Waals surface area contributed by atoms with Crippen LogP contribution in [0.3, 0.4) is 0 Å². The Balaban J connectivity index is 1.50. The molecule has 3 unspecified atom stereocenters. The van der Waals surface area contributed by atoms with Crippen molar-refractivity contribution in [3.63, 3.8) is 0 Å². The number of benzene rings is 1. The molecule has 3 atom stereocenters. The van der Waals surface area contributed by atoms with Crippen molar-refractivity contribution < 1.29 is 4.74 Å². The van der Waals surface area contributed by atoms with Crippen molar-refractivity contribution in [1.82, 2.24) is 5.32 Å². The van der Waals surface area contributed by atoms with Crippen LogP contribution in [0.5, 0.6) is 5.75 Å². The molecule has 114 valence electrons. The second-order valence-electron chi connectivity index (χ2n) is 7.31. The van der Waals surface area contributed by atoms with Crippen molar-refractivity contribution >= 4 is 0 Å². The Kier molecular flexibility index (Phi) is 3.66. The molecule has 2 heteroatoms. The molecule has 1 aromatic carbocycles. The third-order valence-corrected chi connectivity index (χ3v) is 5.41. The quantitative estimate of drug-likeness (QED) is 0.806. The van der Waals surface area contributed by atoms with Crippen LogP contribution in [0, 0.1) is 17.8 Å². The van der Waals surface area contributed by atoms with Gasteiger partial charge in [-0.15, -0.1) is 0 Å². The summed E-state index contributed by atoms with van der Waals surface area (Å²) in [5.41, 5.74) is 1.44. The van der Waals surface area contributed by atoms with Crippen LogP contribution in [-0.4, -0.2) is 12.6 Å². The lowest BCUT2D eigenvalue weighted by molar-refractivity contribution is 0.300. The van der Waals surface area contributed by atoms with Gasteiger partial charge in [-0.25, -0.2) is 0 Å². The molecular weight excluding hydrogens is 258 g/mol. The Morgan fingerprint density at radius 2 is 2.00 bits per heavy atom. The Morgan fingerprint density at radius 1 is 1.19 bits per heavy atom. The molecule has 3 fully saturated rings. The fraction of sp³-hybridized carbons (Fsp3) is 0.684. The maximum absolute atomic E-state index is 5.99. The summed E-state index contributed by atoms with van der Waals surface area (Å²) in [6, 6.07) is 9.39. The minimum absolute atomic E-state index is 0.487. The third-order valence-electron chi connectivity index (χ3n) is 5.41. The van der Waals surface area contributed by atoms with Crippen molar-refractivity contribution in [2.75, 3.05) is 6.54 Å². The van der Waals surface area contributed by atoms with Crippen LogP contribution >= 0.6 is 0 Å². The topological polar surface area (TPSA) is 21.3 Å². The van der Waals surface area contributed by atoms with E-state index in [1.165, 1.54) is 44.1 Å². The van der Waals surface area contributed by atoms with Crippen molar-refractivity contribution in [3.8, 4) is 5.75 Å². The lowest BCUT2D eigenvalue weighted by Crippen LogP contribution is -2.28. The molecule has 0 spiro atoms. The van der Waals surface area contributed by atoms with Gasteiger partial charge in [0.25, 0.3) is 0 Å². The average Bonchev–Trinajstić information content (AvgIpc) is 3.41. The van der Waals surface area contributed by atoms with E-state index in [2.05, 4.69) is 36.5 Å². The van der Waals surface area contributed by atoms with Gasteiger partial charge in [0.05, 0.1) is 6.10 Å². The highest BCUT2D eigenvalue weighted by Crippen LogP contribution is 2.57. The number of ether oxygens (including phenoxy) is 1. The average molecular weight is 285 g/mol. The van der Waals surface area contributed by atoms with E-state index >= 15 is 0 Å². The van der Waals surface area contributed by atoms with Gasteiger partial charge in [0.1, 0.15) is 5.75 Å². The number of hydrogen-bond acceptors (Lipinski definition) is 2. The summed E-state index contributed by atoms with van der Waals surface area (Å²) in [5, 5.41) is 3.81. The molecule has 0 aliphatic heterocycles. The highest BCUT2D eigenvalue weighted by atomic mass is 16.5. The Hall–Kier alpha value is -1.02. The standard InChI is InChI=1S/C19H27NO/c1-2-8-20-19(16-10-14-9-15(14)11-16)13-4-3-5-18(12-13)21-17-6-7-17/h3-5,12,14-17,19-20H,2,6-11H2,1H3. The van der Waals surface area contributed by atoms with E-state index in [4.69, 9.17) is 4.74 Å². The van der Waals surface area contributed by atoms with Crippen LogP contribution in [0.4, 0.5) is 0 Å². The Morgan fingerprint density at radius 3 is 2.71 bits per heavy atom. The van der Waals surface area contributed by atoms with Gasteiger partial charge in [0, 0.05) is 6.04 Å². The number of rotatable bonds is 7. The normalized spacial score (nSPS) is 31.8. The van der Waals surface area contributed by atoms with E-state index in [-0.39, 0.29) is 0 Å². The van der Waals surface area contributed by atoms with Crippen LogP contribution in [-0.2, 0) is 0 Å². The van der Waals surface area contributed by atoms with Gasteiger partial charge in [-0.3, -0.25) is 0 Å². The van der Waals surface area contributed by atoms with Crippen LogP contribution in [0.2, 0.25) is 0 Å². The zero-order valence-electron chi connectivity index (χ0n) is 13.1. The van der Waals surface area contributed by atoms with Gasteiger partial charge in [-0.1, -0.05) is 19.1 Å². The summed E-state index contributed by atoms with van der Waals surface area (Å²) in [7, 11) is 0. The smallest absolute Gasteiger partial charge is 0.120 e. The lowest BCUT2D eigenvalue weighted by atomic mass is 9.89. The lowest BCUT2D eigenvalue weighted by Gasteiger charge is -2.27. The maximum atomic E-state index is 5.99. The van der Waals surface area contributed by atoms with Crippen LogP contribution < -0.4 is 10.1 Å². The summed E-state index contributed by atoms with van der Waals surface area (Å²) in [6.45, 7) is 3.37. The van der Waals surface area contributed by atoms with Gasteiger partial charge >= 0.3 is 0 Å². The van der Waals surface area contributed by atoms with Gasteiger partial charge < -0.3 is 10.1 Å². The molecule has 3 aliphatic carbocycles. The van der Waals surface area contributed by atoms with Crippen molar-refractivity contribution in [2.45, 2.75) is 57.6 Å². The first kappa shape index (κ1) is 13.6. The third kappa shape index (κ3) is 3.11. The fourth-order valence-electron chi connectivity index (χ4n) is 4.05. The van der Waals surface area contributed by atoms with Crippen molar-refractivity contribution in [1.29, 1.82) is 0 Å². The van der Waals surface area contributed by atoms with Crippen molar-refractivity contribution in [3.05, 3.63) is 29.8 Å². The first-order valence-corrected chi connectivity index (χ1v) is 8.83. The first-order chi connectivity index (χ1) is 10.3. The van der Waals surface area contributed by atoms with Gasteiger partial charge in [-0.05, 0) is 80.5 Å². The minimum atomic E-state index is 0.487. The molecule has 0 amide bonds. The molecular formula is C19H27NO. The molecule has 1 aromatic rings. The predicted molar refractivity (Wildman–Crippen MR) is 85.4 cm³/mol. The molecule has 4 rings (SSSR count). The molecule has 0 radical (unpaired) electrons. The van der Waals surface area contributed by atoms with E-state index < -0.39 is 0 Å². The van der Waals surface area contributed by atoms with Gasteiger partial charge in [0.15, 0.2) is 0 Å². The maximum Gasteiger partial charge on any atom is 0.120 e. The van der Waals surface area contributed by atoms with E-state index in [0.717, 1.165) is 30.0 Å². The molecule has 1 N–H and O–H groups in total. The van der Waals surface area contributed by atoms with Gasteiger partial charge in [0.2, 0.25) is 0 Å². The summed E-state index contributed by atoms with van der Waals surface area (Å²) >= 11 is 0. The van der Waals surface area contributed by atoms with E-state index in [1.807, 2.05) is 0 Å². The molecule has 0 heterocycles. The number of fused-ring (bicyclic) bond motifs is 1. The molecule has 21 heavy (non-hydrogen) atoms. The van der Waals surface area contributed by atoms with E-state index in [1.54, 1.807) is 0 Å². The molecule has 0 aromatic heterocycles. The first-order valence-electron chi connectivity index (χ1n) is 8.83. The minimum Gasteiger partial charge on any atom is -0.490 e. The molecule has 0 saturated heterocycles. The summed E-state index contributed by atoms with van der Waals surface area (Å²) < 4.78 is 5.99. The predicted octanol–water partition coefficient (Wildman–Crippen LogP) is 4.31. The van der Waals surface area contributed by atoms with E-state index in [9.17, 15) is 0 Å². The molecule has 2 nitrogen and oxygen atoms in total. The monoisotopic (exact) mass is 285 g/mol. The largest absolute Gasteiger partial charge is 0.490 e. The van der Waals surface area contributed by atoms with E-state index in [0.29, 0.717) is 12.1 Å². The zero-order valence-corrected chi connectivity index (χ0v) is 13.1.